The van der Waals surface area contributed by atoms with Crippen molar-refractivity contribution in [3.63, 3.8) is 0 Å². The minimum absolute atomic E-state index is 0.101. The number of nitriles is 1. The van der Waals surface area contributed by atoms with Gasteiger partial charge >= 0.3 is 12.3 Å². The van der Waals surface area contributed by atoms with Crippen LogP contribution in [0.1, 0.15) is 31.9 Å². The van der Waals surface area contributed by atoms with Gasteiger partial charge in [0, 0.05) is 12.3 Å². The Morgan fingerprint density at radius 1 is 1.28 bits per heavy atom. The molecule has 1 amide bonds. The van der Waals surface area contributed by atoms with Crippen LogP contribution in [0.15, 0.2) is 30.5 Å². The average Bonchev–Trinajstić information content (AvgIpc) is 2.92. The number of nitrogens with one attached hydrogen (secondary N) is 1. The van der Waals surface area contributed by atoms with Crippen LogP contribution >= 0.6 is 0 Å². The molecule has 0 bridgehead atoms. The predicted octanol–water partition coefficient (Wildman–Crippen LogP) is 4.11. The zero-order chi connectivity index (χ0) is 18.8. The van der Waals surface area contributed by atoms with Gasteiger partial charge < -0.3 is 4.74 Å². The van der Waals surface area contributed by atoms with Crippen molar-refractivity contribution in [2.45, 2.75) is 32.5 Å². The number of rotatable bonds is 2. The van der Waals surface area contributed by atoms with E-state index in [-0.39, 0.29) is 11.5 Å². The van der Waals surface area contributed by atoms with E-state index in [1.807, 2.05) is 0 Å². The predicted molar refractivity (Wildman–Crippen MR) is 83.1 cm³/mol. The lowest BCUT2D eigenvalue weighted by atomic mass is 10.1. The first kappa shape index (κ1) is 18.3. The lowest BCUT2D eigenvalue weighted by Crippen LogP contribution is -2.27. The highest BCUT2D eigenvalue weighted by molar-refractivity contribution is 5.83. The standard InChI is InChI=1S/C16H15F3N4O2/c1-15(2,3)25-14(24)21-13-6-7-23(22-13)11-5-4-10(9-20)12(8-11)16(17,18)19/h4-8H,1-3H3,(H,21,22,24). The smallest absolute Gasteiger partial charge is 0.417 e. The molecule has 1 aromatic carbocycles. The topological polar surface area (TPSA) is 79.9 Å². The minimum Gasteiger partial charge on any atom is -0.444 e. The summed E-state index contributed by atoms with van der Waals surface area (Å²) in [6, 6.07) is 6.15. The number of hydrogen-bond donors (Lipinski definition) is 1. The van der Waals surface area contributed by atoms with Gasteiger partial charge in [-0.25, -0.2) is 9.48 Å². The van der Waals surface area contributed by atoms with Crippen molar-refractivity contribution in [2.75, 3.05) is 5.32 Å². The number of benzene rings is 1. The van der Waals surface area contributed by atoms with Gasteiger partial charge in [0.05, 0.1) is 22.9 Å². The van der Waals surface area contributed by atoms with Gasteiger partial charge in [-0.3, -0.25) is 5.32 Å². The molecule has 0 spiro atoms. The highest BCUT2D eigenvalue weighted by Gasteiger charge is 2.34. The largest absolute Gasteiger partial charge is 0.444 e. The molecule has 0 aliphatic heterocycles. The Morgan fingerprint density at radius 2 is 1.96 bits per heavy atom. The van der Waals surface area contributed by atoms with Crippen LogP contribution in [0.5, 0.6) is 0 Å². The van der Waals surface area contributed by atoms with Gasteiger partial charge in [0.2, 0.25) is 0 Å². The molecule has 0 radical (unpaired) electrons. The summed E-state index contributed by atoms with van der Waals surface area (Å²) in [6.07, 6.45) is -4.01. The molecule has 0 saturated carbocycles. The number of ether oxygens (including phenoxy) is 1. The second kappa shape index (κ2) is 6.47. The Kier molecular flexibility index (Phi) is 4.74. The molecule has 6 nitrogen and oxygen atoms in total. The van der Waals surface area contributed by atoms with E-state index in [0.717, 1.165) is 16.8 Å². The van der Waals surface area contributed by atoms with Crippen LogP contribution in [0.25, 0.3) is 5.69 Å². The third-order valence-corrected chi connectivity index (χ3v) is 2.91. The number of anilines is 1. The van der Waals surface area contributed by atoms with Crippen LogP contribution in [-0.4, -0.2) is 21.5 Å². The van der Waals surface area contributed by atoms with E-state index in [9.17, 15) is 18.0 Å². The molecule has 132 valence electrons. The molecular formula is C16H15F3N4O2. The zero-order valence-electron chi connectivity index (χ0n) is 13.7. The second-order valence-electron chi connectivity index (χ2n) is 6.11. The summed E-state index contributed by atoms with van der Waals surface area (Å²) >= 11 is 0. The quantitative estimate of drug-likeness (QED) is 0.882. The van der Waals surface area contributed by atoms with Crippen LogP contribution in [0.2, 0.25) is 0 Å². The van der Waals surface area contributed by atoms with Crippen molar-refractivity contribution in [2.24, 2.45) is 0 Å². The summed E-state index contributed by atoms with van der Waals surface area (Å²) in [5.74, 6) is 0.118. The van der Waals surface area contributed by atoms with Gasteiger partial charge in [0.25, 0.3) is 0 Å². The first-order valence-electron chi connectivity index (χ1n) is 7.17. The summed E-state index contributed by atoms with van der Waals surface area (Å²) in [5, 5.41) is 15.2. The van der Waals surface area contributed by atoms with Crippen molar-refractivity contribution >= 4 is 11.9 Å². The maximum atomic E-state index is 13.0. The van der Waals surface area contributed by atoms with Crippen LogP contribution < -0.4 is 5.32 Å². The average molecular weight is 352 g/mol. The molecule has 1 N–H and O–H groups in total. The Morgan fingerprint density at radius 3 is 2.52 bits per heavy atom. The molecule has 9 heteroatoms. The van der Waals surface area contributed by atoms with E-state index in [2.05, 4.69) is 10.4 Å². The van der Waals surface area contributed by atoms with E-state index in [4.69, 9.17) is 10.00 Å². The maximum absolute atomic E-state index is 13.0. The number of hydrogen-bond acceptors (Lipinski definition) is 4. The van der Waals surface area contributed by atoms with Gasteiger partial charge in [-0.05, 0) is 39.0 Å². The SMILES string of the molecule is CC(C)(C)OC(=O)Nc1ccn(-c2ccc(C#N)c(C(F)(F)F)c2)n1. The Hall–Kier alpha value is -3.02. The molecule has 2 rings (SSSR count). The van der Waals surface area contributed by atoms with Crippen LogP contribution in [0.4, 0.5) is 23.8 Å². The van der Waals surface area contributed by atoms with Gasteiger partial charge in [0.1, 0.15) is 5.60 Å². The molecule has 25 heavy (non-hydrogen) atoms. The molecule has 1 heterocycles. The van der Waals surface area contributed by atoms with Crippen LogP contribution in [-0.2, 0) is 10.9 Å². The highest BCUT2D eigenvalue weighted by atomic mass is 19.4. The summed E-state index contributed by atoms with van der Waals surface area (Å²) in [4.78, 5) is 11.7. The molecule has 2 aromatic rings. The zero-order valence-corrected chi connectivity index (χ0v) is 13.7. The van der Waals surface area contributed by atoms with Gasteiger partial charge in [0.15, 0.2) is 5.82 Å². The number of alkyl halides is 3. The second-order valence-corrected chi connectivity index (χ2v) is 6.11. The van der Waals surface area contributed by atoms with E-state index < -0.39 is 29.0 Å². The van der Waals surface area contributed by atoms with Crippen LogP contribution in [0, 0.1) is 11.3 Å². The number of halogens is 3. The molecule has 1 aromatic heterocycles. The van der Waals surface area contributed by atoms with Crippen molar-refractivity contribution < 1.29 is 22.7 Å². The van der Waals surface area contributed by atoms with Crippen molar-refractivity contribution in [1.82, 2.24) is 9.78 Å². The number of carbonyl (C=O) groups excluding carboxylic acids is 1. The fourth-order valence-electron chi connectivity index (χ4n) is 1.95. The fraction of sp³-hybridized carbons (Fsp3) is 0.312. The summed E-state index contributed by atoms with van der Waals surface area (Å²) in [7, 11) is 0. The van der Waals surface area contributed by atoms with E-state index in [0.29, 0.717) is 0 Å². The Labute approximate surface area is 141 Å². The number of nitrogens with zero attached hydrogens (tertiary/aromatic N) is 3. The Bertz CT molecular complexity index is 829. The molecule has 0 aliphatic rings. The molecule has 0 atom stereocenters. The molecule has 0 aliphatic carbocycles. The molecular weight excluding hydrogens is 337 g/mol. The van der Waals surface area contributed by atoms with Crippen molar-refractivity contribution in [3.8, 4) is 11.8 Å². The first-order valence-corrected chi connectivity index (χ1v) is 7.17. The third-order valence-electron chi connectivity index (χ3n) is 2.91. The molecule has 0 saturated heterocycles. The van der Waals surface area contributed by atoms with Gasteiger partial charge in [-0.15, -0.1) is 5.10 Å². The molecule has 0 fully saturated rings. The molecule has 0 unspecified atom stereocenters. The van der Waals surface area contributed by atoms with Crippen LogP contribution in [0.3, 0.4) is 0 Å². The monoisotopic (exact) mass is 352 g/mol. The minimum atomic E-state index is -4.66. The Balaban J connectivity index is 2.26. The first-order chi connectivity index (χ1) is 11.5. The fourth-order valence-corrected chi connectivity index (χ4v) is 1.95. The lowest BCUT2D eigenvalue weighted by Gasteiger charge is -2.19. The third kappa shape index (κ3) is 4.73. The number of amides is 1. The van der Waals surface area contributed by atoms with Gasteiger partial charge in [-0.1, -0.05) is 0 Å². The van der Waals surface area contributed by atoms with Crippen molar-refractivity contribution in [3.05, 3.63) is 41.6 Å². The van der Waals surface area contributed by atoms with E-state index in [1.54, 1.807) is 20.8 Å². The van der Waals surface area contributed by atoms with E-state index in [1.165, 1.54) is 24.4 Å². The van der Waals surface area contributed by atoms with Gasteiger partial charge in [-0.2, -0.15) is 18.4 Å². The maximum Gasteiger partial charge on any atom is 0.417 e. The number of carbonyl (C=O) groups is 1. The number of aromatic nitrogens is 2. The van der Waals surface area contributed by atoms with Crippen molar-refractivity contribution in [1.29, 1.82) is 5.26 Å². The summed E-state index contributed by atoms with van der Waals surface area (Å²) < 4.78 is 45.3. The normalized spacial score (nSPS) is 11.7. The van der Waals surface area contributed by atoms with E-state index >= 15 is 0 Å². The summed E-state index contributed by atoms with van der Waals surface area (Å²) in [5.41, 5.74) is -2.12. The lowest BCUT2D eigenvalue weighted by molar-refractivity contribution is -0.137. The highest BCUT2D eigenvalue weighted by Crippen LogP contribution is 2.33. The summed E-state index contributed by atoms with van der Waals surface area (Å²) in [6.45, 7) is 5.09.